The lowest BCUT2D eigenvalue weighted by atomic mass is 10.2. The Kier molecular flexibility index (Phi) is 4.54. The van der Waals surface area contributed by atoms with Gasteiger partial charge in [-0.25, -0.2) is 4.39 Å². The molecule has 0 unspecified atom stereocenters. The molecule has 0 atom stereocenters. The number of rotatable bonds is 3. The predicted octanol–water partition coefficient (Wildman–Crippen LogP) is 4.78. The summed E-state index contributed by atoms with van der Waals surface area (Å²) in [6.07, 6.45) is 0. The third kappa shape index (κ3) is 3.75. The predicted molar refractivity (Wildman–Crippen MR) is 84.2 cm³/mol. The second kappa shape index (κ2) is 5.98. The molecular weight excluding hydrogens is 397 g/mol. The van der Waals surface area contributed by atoms with Crippen molar-refractivity contribution in [2.75, 3.05) is 0 Å². The SMILES string of the molecule is NC(=S)c1ccc(Br)cc1Oc1cc(F)cc(Br)c1. The molecule has 0 aliphatic rings. The summed E-state index contributed by atoms with van der Waals surface area (Å²) in [5.74, 6) is 0.443. The van der Waals surface area contributed by atoms with E-state index in [4.69, 9.17) is 22.7 Å². The normalized spacial score (nSPS) is 10.3. The van der Waals surface area contributed by atoms with E-state index >= 15 is 0 Å². The monoisotopic (exact) mass is 403 g/mol. The fraction of sp³-hybridized carbons (Fsp3) is 0. The molecule has 2 aromatic carbocycles. The smallest absolute Gasteiger partial charge is 0.138 e. The summed E-state index contributed by atoms with van der Waals surface area (Å²) in [6.45, 7) is 0. The molecule has 2 nitrogen and oxygen atoms in total. The van der Waals surface area contributed by atoms with Crippen LogP contribution in [-0.4, -0.2) is 4.99 Å². The Labute approximate surface area is 132 Å². The van der Waals surface area contributed by atoms with Gasteiger partial charge in [-0.1, -0.05) is 44.1 Å². The van der Waals surface area contributed by atoms with Crippen LogP contribution in [0.5, 0.6) is 11.5 Å². The summed E-state index contributed by atoms with van der Waals surface area (Å²) in [4.78, 5) is 0.220. The number of halogens is 3. The molecule has 6 heteroatoms. The minimum absolute atomic E-state index is 0.220. The van der Waals surface area contributed by atoms with Gasteiger partial charge in [0.05, 0.1) is 5.56 Å². The minimum atomic E-state index is -0.392. The first-order valence-corrected chi connectivity index (χ1v) is 7.18. The summed E-state index contributed by atoms with van der Waals surface area (Å²) >= 11 is 11.5. The van der Waals surface area contributed by atoms with Crippen molar-refractivity contribution in [1.82, 2.24) is 0 Å². The van der Waals surface area contributed by atoms with Crippen molar-refractivity contribution in [2.24, 2.45) is 5.73 Å². The highest BCUT2D eigenvalue weighted by molar-refractivity contribution is 9.10. The Morgan fingerprint density at radius 2 is 1.84 bits per heavy atom. The highest BCUT2D eigenvalue weighted by Gasteiger charge is 2.09. The lowest BCUT2D eigenvalue weighted by molar-refractivity contribution is 0.475. The lowest BCUT2D eigenvalue weighted by Crippen LogP contribution is -2.10. The average Bonchev–Trinajstić information content (AvgIpc) is 2.26. The van der Waals surface area contributed by atoms with Gasteiger partial charge in [-0.15, -0.1) is 0 Å². The van der Waals surface area contributed by atoms with Gasteiger partial charge < -0.3 is 10.5 Å². The summed E-state index contributed by atoms with van der Waals surface area (Å²) in [5, 5.41) is 0. The molecule has 0 saturated heterocycles. The molecule has 0 aliphatic carbocycles. The molecule has 0 amide bonds. The van der Waals surface area contributed by atoms with Crippen LogP contribution in [0.4, 0.5) is 4.39 Å². The minimum Gasteiger partial charge on any atom is -0.456 e. The number of ether oxygens (including phenoxy) is 1. The van der Waals surface area contributed by atoms with Gasteiger partial charge in [-0.3, -0.25) is 0 Å². The summed E-state index contributed by atoms with van der Waals surface area (Å²) in [5.41, 5.74) is 6.23. The van der Waals surface area contributed by atoms with E-state index in [2.05, 4.69) is 31.9 Å². The molecule has 2 rings (SSSR count). The Hall–Kier alpha value is -0.980. The first kappa shape index (κ1) is 14.4. The van der Waals surface area contributed by atoms with Crippen LogP contribution in [0.3, 0.4) is 0 Å². The summed E-state index contributed by atoms with van der Waals surface area (Å²) < 4.78 is 20.4. The van der Waals surface area contributed by atoms with E-state index in [0.717, 1.165) is 4.47 Å². The molecule has 19 heavy (non-hydrogen) atoms. The highest BCUT2D eigenvalue weighted by Crippen LogP contribution is 2.30. The topological polar surface area (TPSA) is 35.2 Å². The van der Waals surface area contributed by atoms with Gasteiger partial charge in [0.15, 0.2) is 0 Å². The van der Waals surface area contributed by atoms with Gasteiger partial charge in [-0.2, -0.15) is 0 Å². The van der Waals surface area contributed by atoms with Crippen molar-refractivity contribution in [3.8, 4) is 11.5 Å². The summed E-state index contributed by atoms with van der Waals surface area (Å²) in [7, 11) is 0. The zero-order valence-electron chi connectivity index (χ0n) is 9.49. The van der Waals surface area contributed by atoms with Crippen molar-refractivity contribution in [2.45, 2.75) is 0 Å². The van der Waals surface area contributed by atoms with Crippen LogP contribution in [0.15, 0.2) is 45.3 Å². The fourth-order valence-corrected chi connectivity index (χ4v) is 2.45. The maximum absolute atomic E-state index is 13.3. The highest BCUT2D eigenvalue weighted by atomic mass is 79.9. The molecule has 0 spiro atoms. The van der Waals surface area contributed by atoms with Crippen molar-refractivity contribution in [3.63, 3.8) is 0 Å². The average molecular weight is 405 g/mol. The van der Waals surface area contributed by atoms with E-state index in [1.165, 1.54) is 12.1 Å². The van der Waals surface area contributed by atoms with Gasteiger partial charge in [-0.05, 0) is 30.3 Å². The van der Waals surface area contributed by atoms with Gasteiger partial charge in [0.1, 0.15) is 22.3 Å². The standard InChI is InChI=1S/C13H8Br2FNOS/c14-7-1-2-11(13(17)19)12(5-7)18-10-4-8(15)3-9(16)6-10/h1-6H,(H2,17,19). The lowest BCUT2D eigenvalue weighted by Gasteiger charge is -2.11. The number of hydrogen-bond donors (Lipinski definition) is 1. The fourth-order valence-electron chi connectivity index (χ4n) is 1.50. The zero-order valence-corrected chi connectivity index (χ0v) is 13.5. The Bertz CT molecular complexity index is 628. The van der Waals surface area contributed by atoms with Crippen molar-refractivity contribution >= 4 is 49.1 Å². The zero-order chi connectivity index (χ0) is 14.0. The molecule has 2 N–H and O–H groups in total. The van der Waals surface area contributed by atoms with Gasteiger partial charge >= 0.3 is 0 Å². The number of thiocarbonyl (C=S) groups is 1. The van der Waals surface area contributed by atoms with E-state index in [0.29, 0.717) is 21.5 Å². The molecule has 2 aromatic rings. The number of nitrogens with two attached hydrogens (primary N) is 1. The van der Waals surface area contributed by atoms with Crippen LogP contribution >= 0.6 is 44.1 Å². The van der Waals surface area contributed by atoms with Crippen molar-refractivity contribution < 1.29 is 9.13 Å². The Morgan fingerprint density at radius 1 is 1.11 bits per heavy atom. The number of hydrogen-bond acceptors (Lipinski definition) is 2. The molecule has 0 fully saturated rings. The van der Waals surface area contributed by atoms with Gasteiger partial charge in [0.25, 0.3) is 0 Å². The molecule has 98 valence electrons. The van der Waals surface area contributed by atoms with Crippen LogP contribution in [0.2, 0.25) is 0 Å². The van der Waals surface area contributed by atoms with E-state index in [1.54, 1.807) is 18.2 Å². The molecule has 0 aliphatic heterocycles. The summed E-state index contributed by atoms with van der Waals surface area (Å²) in [6, 6.07) is 9.58. The molecule has 0 bridgehead atoms. The van der Waals surface area contributed by atoms with E-state index in [-0.39, 0.29) is 4.99 Å². The van der Waals surface area contributed by atoms with Gasteiger partial charge in [0.2, 0.25) is 0 Å². The van der Waals surface area contributed by atoms with Crippen molar-refractivity contribution in [3.05, 3.63) is 56.7 Å². The largest absolute Gasteiger partial charge is 0.456 e. The van der Waals surface area contributed by atoms with Crippen LogP contribution in [0.1, 0.15) is 5.56 Å². The maximum atomic E-state index is 13.3. The first-order chi connectivity index (χ1) is 8.95. The Morgan fingerprint density at radius 3 is 2.47 bits per heavy atom. The quantitative estimate of drug-likeness (QED) is 0.747. The second-order valence-electron chi connectivity index (χ2n) is 3.71. The van der Waals surface area contributed by atoms with Crippen LogP contribution in [0.25, 0.3) is 0 Å². The van der Waals surface area contributed by atoms with E-state index in [1.807, 2.05) is 6.07 Å². The molecular formula is C13H8Br2FNOS. The first-order valence-electron chi connectivity index (χ1n) is 5.19. The molecule has 0 saturated carbocycles. The van der Waals surface area contributed by atoms with Crippen LogP contribution < -0.4 is 10.5 Å². The van der Waals surface area contributed by atoms with Crippen LogP contribution in [0, 0.1) is 5.82 Å². The molecule has 0 aromatic heterocycles. The molecule has 0 heterocycles. The second-order valence-corrected chi connectivity index (χ2v) is 5.98. The van der Waals surface area contributed by atoms with E-state index in [9.17, 15) is 4.39 Å². The van der Waals surface area contributed by atoms with Crippen molar-refractivity contribution in [1.29, 1.82) is 0 Å². The van der Waals surface area contributed by atoms with Gasteiger partial charge in [0, 0.05) is 15.0 Å². The number of benzene rings is 2. The Balaban J connectivity index is 2.42. The molecule has 0 radical (unpaired) electrons. The maximum Gasteiger partial charge on any atom is 0.138 e. The van der Waals surface area contributed by atoms with Crippen LogP contribution in [-0.2, 0) is 0 Å². The van der Waals surface area contributed by atoms with E-state index < -0.39 is 5.82 Å². The third-order valence-electron chi connectivity index (χ3n) is 2.27. The third-order valence-corrected chi connectivity index (χ3v) is 3.44.